The topological polar surface area (TPSA) is 113 Å². The number of Topliss-reactive ketones (excluding diaryl/α,β-unsaturated/α-hetero) is 1. The molecular weight excluding hydrogens is 358 g/mol. The zero-order chi connectivity index (χ0) is 20.1. The maximum atomic E-state index is 12.2. The summed E-state index contributed by atoms with van der Waals surface area (Å²) in [6.45, 7) is 1.59. The van der Waals surface area contributed by atoms with Crippen LogP contribution in [0.5, 0.6) is 0 Å². The Labute approximate surface area is 162 Å². The fraction of sp³-hybridized carbons (Fsp3) is 0.300. The molecule has 0 saturated heterocycles. The van der Waals surface area contributed by atoms with E-state index in [2.05, 4.69) is 20.4 Å². The van der Waals surface area contributed by atoms with E-state index in [1.165, 1.54) is 0 Å². The first-order valence-corrected chi connectivity index (χ1v) is 8.98. The molecule has 8 heteroatoms. The number of carbonyl (C=O) groups is 1. The van der Waals surface area contributed by atoms with Gasteiger partial charge in [0.25, 0.3) is 0 Å². The van der Waals surface area contributed by atoms with Crippen molar-refractivity contribution < 1.29 is 15.0 Å². The zero-order valence-electron chi connectivity index (χ0n) is 15.8. The third-order valence-corrected chi connectivity index (χ3v) is 4.33. The zero-order valence-corrected chi connectivity index (χ0v) is 15.8. The minimum atomic E-state index is -0.863. The molecular formula is C20H23N5O3. The van der Waals surface area contributed by atoms with Crippen molar-refractivity contribution in [2.45, 2.75) is 25.9 Å². The number of hydrogen-bond acceptors (Lipinski definition) is 7. The maximum Gasteiger partial charge on any atom is 0.227 e. The molecule has 1 aromatic carbocycles. The fourth-order valence-electron chi connectivity index (χ4n) is 2.76. The van der Waals surface area contributed by atoms with Crippen molar-refractivity contribution in [1.29, 1.82) is 0 Å². The predicted molar refractivity (Wildman–Crippen MR) is 105 cm³/mol. The van der Waals surface area contributed by atoms with Crippen molar-refractivity contribution in [1.82, 2.24) is 19.7 Å². The van der Waals surface area contributed by atoms with Gasteiger partial charge in [0.2, 0.25) is 5.95 Å². The number of aliphatic hydroxyl groups excluding tert-OH is 2. The average molecular weight is 381 g/mol. The van der Waals surface area contributed by atoms with Crippen molar-refractivity contribution >= 4 is 17.4 Å². The van der Waals surface area contributed by atoms with Gasteiger partial charge in [-0.15, -0.1) is 0 Å². The SMILES string of the molecule is Cc1cnc(Nc2cnn(C)c2)nc1-c1ccc(C(=O)CCC(O)CO)cc1. The molecule has 0 amide bonds. The number of ketones is 1. The van der Waals surface area contributed by atoms with Crippen LogP contribution < -0.4 is 5.32 Å². The van der Waals surface area contributed by atoms with E-state index in [0.717, 1.165) is 22.5 Å². The van der Waals surface area contributed by atoms with Crippen molar-refractivity contribution in [3.63, 3.8) is 0 Å². The van der Waals surface area contributed by atoms with E-state index < -0.39 is 6.10 Å². The molecule has 0 aliphatic rings. The normalized spacial score (nSPS) is 12.0. The fourth-order valence-corrected chi connectivity index (χ4v) is 2.76. The van der Waals surface area contributed by atoms with Gasteiger partial charge in [0.1, 0.15) is 0 Å². The van der Waals surface area contributed by atoms with E-state index in [0.29, 0.717) is 11.5 Å². The number of nitrogens with zero attached hydrogens (tertiary/aromatic N) is 4. The second kappa shape index (κ2) is 8.73. The molecule has 146 valence electrons. The molecule has 1 unspecified atom stereocenters. The van der Waals surface area contributed by atoms with Gasteiger partial charge in [0, 0.05) is 37.0 Å². The molecule has 0 spiro atoms. The highest BCUT2D eigenvalue weighted by atomic mass is 16.3. The van der Waals surface area contributed by atoms with Crippen LogP contribution in [0.25, 0.3) is 11.3 Å². The van der Waals surface area contributed by atoms with Crippen LogP contribution in [0.1, 0.15) is 28.8 Å². The van der Waals surface area contributed by atoms with E-state index in [9.17, 15) is 9.90 Å². The van der Waals surface area contributed by atoms with E-state index >= 15 is 0 Å². The number of aliphatic hydroxyl groups is 2. The van der Waals surface area contributed by atoms with Crippen LogP contribution in [0.4, 0.5) is 11.6 Å². The molecule has 3 rings (SSSR count). The Balaban J connectivity index is 1.75. The standard InChI is InChI=1S/C20H23N5O3/c1-13-9-21-20(23-16-10-22-25(2)11-16)24-19(13)15-5-3-14(4-6-15)18(28)8-7-17(27)12-26/h3-6,9-11,17,26-27H,7-8,12H2,1-2H3,(H,21,23,24). The Morgan fingerprint density at radius 3 is 2.64 bits per heavy atom. The smallest absolute Gasteiger partial charge is 0.227 e. The van der Waals surface area contributed by atoms with Crippen LogP contribution in [0, 0.1) is 6.92 Å². The van der Waals surface area contributed by atoms with Gasteiger partial charge in [0.05, 0.1) is 30.3 Å². The molecule has 0 saturated carbocycles. The molecule has 3 N–H and O–H groups in total. The third-order valence-electron chi connectivity index (χ3n) is 4.33. The van der Waals surface area contributed by atoms with Gasteiger partial charge in [-0.3, -0.25) is 9.48 Å². The summed E-state index contributed by atoms with van der Waals surface area (Å²) in [6, 6.07) is 7.19. The van der Waals surface area contributed by atoms with Gasteiger partial charge in [-0.1, -0.05) is 24.3 Å². The highest BCUT2D eigenvalue weighted by Gasteiger charge is 2.12. The minimum Gasteiger partial charge on any atom is -0.394 e. The summed E-state index contributed by atoms with van der Waals surface area (Å²) in [4.78, 5) is 21.1. The number of hydrogen-bond donors (Lipinski definition) is 3. The van der Waals surface area contributed by atoms with Crippen LogP contribution in [0.2, 0.25) is 0 Å². The number of aryl methyl sites for hydroxylation is 2. The number of aromatic nitrogens is 4. The number of benzene rings is 1. The summed E-state index contributed by atoms with van der Waals surface area (Å²) in [7, 11) is 1.83. The molecule has 0 radical (unpaired) electrons. The Morgan fingerprint density at radius 2 is 2.00 bits per heavy atom. The summed E-state index contributed by atoms with van der Waals surface area (Å²) < 4.78 is 1.69. The quantitative estimate of drug-likeness (QED) is 0.513. The lowest BCUT2D eigenvalue weighted by molar-refractivity contribution is 0.0779. The molecule has 2 heterocycles. The second-order valence-corrected chi connectivity index (χ2v) is 6.63. The van der Waals surface area contributed by atoms with Crippen LogP contribution in [0.3, 0.4) is 0 Å². The highest BCUT2D eigenvalue weighted by Crippen LogP contribution is 2.24. The summed E-state index contributed by atoms with van der Waals surface area (Å²) in [5.41, 5.74) is 3.93. The molecule has 8 nitrogen and oxygen atoms in total. The van der Waals surface area contributed by atoms with Crippen molar-refractivity contribution in [3.8, 4) is 11.3 Å². The van der Waals surface area contributed by atoms with Gasteiger partial charge < -0.3 is 15.5 Å². The number of anilines is 2. The molecule has 0 aliphatic heterocycles. The molecule has 0 bridgehead atoms. The van der Waals surface area contributed by atoms with Crippen LogP contribution >= 0.6 is 0 Å². The van der Waals surface area contributed by atoms with Crippen molar-refractivity contribution in [3.05, 3.63) is 54.0 Å². The predicted octanol–water partition coefficient (Wildman–Crippen LogP) is 2.25. The second-order valence-electron chi connectivity index (χ2n) is 6.63. The number of nitrogens with one attached hydrogen (secondary N) is 1. The molecule has 3 aromatic rings. The first kappa shape index (κ1) is 19.7. The summed E-state index contributed by atoms with van der Waals surface area (Å²) in [6.07, 6.45) is 4.83. The van der Waals surface area contributed by atoms with E-state index in [1.54, 1.807) is 29.2 Å². The molecule has 0 fully saturated rings. The van der Waals surface area contributed by atoms with Gasteiger partial charge in [-0.05, 0) is 18.9 Å². The highest BCUT2D eigenvalue weighted by molar-refractivity contribution is 5.96. The molecule has 0 aliphatic carbocycles. The molecule has 1 atom stereocenters. The Bertz CT molecular complexity index is 953. The monoisotopic (exact) mass is 381 g/mol. The van der Waals surface area contributed by atoms with Gasteiger partial charge >= 0.3 is 0 Å². The number of carbonyl (C=O) groups excluding carboxylic acids is 1. The Hall–Kier alpha value is -3.10. The van der Waals surface area contributed by atoms with Crippen LogP contribution in [0.15, 0.2) is 42.9 Å². The lowest BCUT2D eigenvalue weighted by Crippen LogP contribution is -2.13. The first-order valence-electron chi connectivity index (χ1n) is 8.98. The van der Waals surface area contributed by atoms with Crippen LogP contribution in [-0.2, 0) is 7.05 Å². The summed E-state index contributed by atoms with van der Waals surface area (Å²) in [5.74, 6) is 0.393. The van der Waals surface area contributed by atoms with Crippen molar-refractivity contribution in [2.24, 2.45) is 7.05 Å². The first-order chi connectivity index (χ1) is 13.5. The largest absolute Gasteiger partial charge is 0.394 e. The van der Waals surface area contributed by atoms with E-state index in [1.807, 2.05) is 32.3 Å². The molecule has 28 heavy (non-hydrogen) atoms. The third kappa shape index (κ3) is 4.79. The van der Waals surface area contributed by atoms with Gasteiger partial charge in [-0.2, -0.15) is 5.10 Å². The van der Waals surface area contributed by atoms with Gasteiger partial charge in [-0.25, -0.2) is 9.97 Å². The summed E-state index contributed by atoms with van der Waals surface area (Å²) >= 11 is 0. The average Bonchev–Trinajstić information content (AvgIpc) is 3.12. The molecule has 2 aromatic heterocycles. The van der Waals surface area contributed by atoms with E-state index in [4.69, 9.17) is 5.11 Å². The Kier molecular flexibility index (Phi) is 6.13. The minimum absolute atomic E-state index is 0.0719. The van der Waals surface area contributed by atoms with Crippen LogP contribution in [-0.4, -0.2) is 48.5 Å². The number of rotatable bonds is 8. The lowest BCUT2D eigenvalue weighted by atomic mass is 10.0. The summed E-state index contributed by atoms with van der Waals surface area (Å²) in [5, 5.41) is 25.4. The lowest BCUT2D eigenvalue weighted by Gasteiger charge is -2.09. The maximum absolute atomic E-state index is 12.2. The van der Waals surface area contributed by atoms with E-state index in [-0.39, 0.29) is 25.2 Å². The van der Waals surface area contributed by atoms with Gasteiger partial charge in [0.15, 0.2) is 5.78 Å². The van der Waals surface area contributed by atoms with Crippen molar-refractivity contribution in [2.75, 3.05) is 11.9 Å². The Morgan fingerprint density at radius 1 is 1.25 bits per heavy atom.